The Hall–Kier alpha value is -0.440. The van der Waals surface area contributed by atoms with Gasteiger partial charge < -0.3 is 5.73 Å². The summed E-state index contributed by atoms with van der Waals surface area (Å²) < 4.78 is 11.5. The summed E-state index contributed by atoms with van der Waals surface area (Å²) in [6.45, 7) is 1.85. The van der Waals surface area contributed by atoms with Crippen LogP contribution in [0.2, 0.25) is 0 Å². The number of carbonyl (C=O) groups is 1. The zero-order valence-electron chi connectivity index (χ0n) is 4.86. The standard InChI is InChI=1S/C5H10FNO/c1-2-3-4(7)5(6)8/h4H,2-3,7H2,1H3/t4-/m0/s1. The van der Waals surface area contributed by atoms with Gasteiger partial charge in [0.2, 0.25) is 0 Å². The SMILES string of the molecule is CCC[C@H](N)C(=O)F. The second-order valence-electron chi connectivity index (χ2n) is 1.70. The summed E-state index contributed by atoms with van der Waals surface area (Å²) >= 11 is 0. The maximum absolute atomic E-state index is 11.5. The Morgan fingerprint density at radius 1 is 1.88 bits per heavy atom. The maximum atomic E-state index is 11.5. The number of halogens is 1. The molecule has 0 aliphatic heterocycles. The van der Waals surface area contributed by atoms with Gasteiger partial charge in [-0.05, 0) is 6.42 Å². The van der Waals surface area contributed by atoms with Gasteiger partial charge in [-0.2, -0.15) is 4.39 Å². The van der Waals surface area contributed by atoms with Crippen LogP contribution in [0.5, 0.6) is 0 Å². The van der Waals surface area contributed by atoms with Crippen molar-refractivity contribution >= 4 is 6.04 Å². The van der Waals surface area contributed by atoms with Gasteiger partial charge in [-0.15, -0.1) is 0 Å². The first kappa shape index (κ1) is 7.56. The summed E-state index contributed by atoms with van der Waals surface area (Å²) in [7, 11) is 0. The molecule has 0 aliphatic carbocycles. The molecular weight excluding hydrogens is 109 g/mol. The van der Waals surface area contributed by atoms with Crippen LogP contribution in [0.25, 0.3) is 0 Å². The van der Waals surface area contributed by atoms with Crippen LogP contribution in [0, 0.1) is 0 Å². The van der Waals surface area contributed by atoms with Gasteiger partial charge in [0, 0.05) is 0 Å². The predicted molar refractivity (Wildman–Crippen MR) is 29.0 cm³/mol. The molecule has 2 N–H and O–H groups in total. The summed E-state index contributed by atoms with van der Waals surface area (Å²) in [6, 6.07) is -2.30. The smallest absolute Gasteiger partial charge is 0.318 e. The van der Waals surface area contributed by atoms with E-state index in [0.29, 0.717) is 6.42 Å². The van der Waals surface area contributed by atoms with Crippen LogP contribution in [0.15, 0.2) is 0 Å². The van der Waals surface area contributed by atoms with E-state index in [2.05, 4.69) is 0 Å². The van der Waals surface area contributed by atoms with Crippen LogP contribution in [-0.2, 0) is 4.79 Å². The average Bonchev–Trinajstić information content (AvgIpc) is 1.67. The van der Waals surface area contributed by atoms with Crippen molar-refractivity contribution in [2.45, 2.75) is 25.8 Å². The fourth-order valence-electron chi connectivity index (χ4n) is 0.424. The van der Waals surface area contributed by atoms with Gasteiger partial charge in [0.25, 0.3) is 0 Å². The molecule has 0 aromatic rings. The quantitative estimate of drug-likeness (QED) is 0.553. The lowest BCUT2D eigenvalue weighted by Gasteiger charge is -1.99. The number of hydrogen-bond donors (Lipinski definition) is 1. The number of hydrogen-bond acceptors (Lipinski definition) is 2. The third kappa shape index (κ3) is 2.69. The summed E-state index contributed by atoms with van der Waals surface area (Å²) in [5.41, 5.74) is 5.00. The van der Waals surface area contributed by atoms with Crippen LogP contribution in [0.3, 0.4) is 0 Å². The molecule has 48 valence electrons. The molecule has 3 heteroatoms. The summed E-state index contributed by atoms with van der Waals surface area (Å²) in [6.07, 6.45) is 1.19. The van der Waals surface area contributed by atoms with Crippen LogP contribution >= 0.6 is 0 Å². The van der Waals surface area contributed by atoms with E-state index in [1.54, 1.807) is 0 Å². The van der Waals surface area contributed by atoms with E-state index in [0.717, 1.165) is 6.42 Å². The third-order valence-corrected chi connectivity index (χ3v) is 0.891. The molecule has 8 heavy (non-hydrogen) atoms. The monoisotopic (exact) mass is 119 g/mol. The molecule has 0 bridgehead atoms. The molecule has 1 atom stereocenters. The Kier molecular flexibility index (Phi) is 3.35. The highest BCUT2D eigenvalue weighted by atomic mass is 19.1. The lowest BCUT2D eigenvalue weighted by atomic mass is 10.2. The minimum absolute atomic E-state index is 0.440. The van der Waals surface area contributed by atoms with E-state index in [4.69, 9.17) is 5.73 Å². The van der Waals surface area contributed by atoms with E-state index in [1.165, 1.54) is 0 Å². The third-order valence-electron chi connectivity index (χ3n) is 0.891. The second kappa shape index (κ2) is 3.55. The topological polar surface area (TPSA) is 43.1 Å². The van der Waals surface area contributed by atoms with Gasteiger partial charge in [0.1, 0.15) is 0 Å². The maximum Gasteiger partial charge on any atom is 0.318 e. The Bertz CT molecular complexity index is 84.5. The summed E-state index contributed by atoms with van der Waals surface area (Å²) in [5, 5.41) is 0. The van der Waals surface area contributed by atoms with Crippen molar-refractivity contribution in [3.05, 3.63) is 0 Å². The van der Waals surface area contributed by atoms with Crippen LogP contribution in [0.4, 0.5) is 4.39 Å². The normalized spacial score (nSPS) is 13.4. The highest BCUT2D eigenvalue weighted by Crippen LogP contribution is 1.93. The molecule has 0 saturated heterocycles. The minimum atomic E-state index is -1.41. The minimum Gasteiger partial charge on any atom is -0.319 e. The predicted octanol–water partition coefficient (Wildman–Crippen LogP) is 0.610. The average molecular weight is 119 g/mol. The Morgan fingerprint density at radius 2 is 2.38 bits per heavy atom. The number of nitrogens with two attached hydrogens (primary N) is 1. The van der Waals surface area contributed by atoms with Crippen molar-refractivity contribution in [3.8, 4) is 0 Å². The van der Waals surface area contributed by atoms with Crippen molar-refractivity contribution in [3.63, 3.8) is 0 Å². The summed E-state index contributed by atoms with van der Waals surface area (Å²) in [5.74, 6) is 0. The van der Waals surface area contributed by atoms with Crippen molar-refractivity contribution < 1.29 is 9.18 Å². The van der Waals surface area contributed by atoms with Crippen molar-refractivity contribution in [1.82, 2.24) is 0 Å². The van der Waals surface area contributed by atoms with Crippen molar-refractivity contribution in [1.29, 1.82) is 0 Å². The van der Waals surface area contributed by atoms with Crippen LogP contribution in [-0.4, -0.2) is 12.1 Å². The summed E-state index contributed by atoms with van der Waals surface area (Å²) in [4.78, 5) is 9.74. The number of carbonyl (C=O) groups excluding carboxylic acids is 1. The van der Waals surface area contributed by atoms with Gasteiger partial charge >= 0.3 is 6.04 Å². The molecule has 0 saturated carbocycles. The molecule has 0 aromatic heterocycles. The highest BCUT2D eigenvalue weighted by molar-refractivity contribution is 5.73. The first-order valence-corrected chi connectivity index (χ1v) is 2.63. The van der Waals surface area contributed by atoms with Crippen molar-refractivity contribution in [2.75, 3.05) is 0 Å². The molecule has 2 nitrogen and oxygen atoms in total. The van der Waals surface area contributed by atoms with Gasteiger partial charge in [-0.1, -0.05) is 13.3 Å². The lowest BCUT2D eigenvalue weighted by Crippen LogP contribution is -2.26. The molecule has 0 aromatic carbocycles. The molecule has 0 radical (unpaired) electrons. The lowest BCUT2D eigenvalue weighted by molar-refractivity contribution is -0.130. The number of rotatable bonds is 3. The molecule has 0 fully saturated rings. The molecular formula is C5H10FNO. The molecule has 0 unspecified atom stereocenters. The van der Waals surface area contributed by atoms with E-state index < -0.39 is 12.1 Å². The molecule has 0 heterocycles. The van der Waals surface area contributed by atoms with E-state index in [1.807, 2.05) is 6.92 Å². The first-order valence-electron chi connectivity index (χ1n) is 2.63. The van der Waals surface area contributed by atoms with Gasteiger partial charge in [-0.3, -0.25) is 4.79 Å². The Balaban J connectivity index is 3.32. The molecule has 0 spiro atoms. The van der Waals surface area contributed by atoms with E-state index in [-0.39, 0.29) is 0 Å². The largest absolute Gasteiger partial charge is 0.319 e. The molecule has 0 aliphatic rings. The molecule has 0 rings (SSSR count). The van der Waals surface area contributed by atoms with Crippen LogP contribution < -0.4 is 5.73 Å². The highest BCUT2D eigenvalue weighted by Gasteiger charge is 2.08. The first-order chi connectivity index (χ1) is 3.68. The van der Waals surface area contributed by atoms with E-state index in [9.17, 15) is 9.18 Å². The van der Waals surface area contributed by atoms with Gasteiger partial charge in [0.15, 0.2) is 0 Å². The van der Waals surface area contributed by atoms with Crippen LogP contribution in [0.1, 0.15) is 19.8 Å². The molecule has 0 amide bonds. The Labute approximate surface area is 47.9 Å². The fraction of sp³-hybridized carbons (Fsp3) is 0.800. The van der Waals surface area contributed by atoms with Crippen molar-refractivity contribution in [2.24, 2.45) is 5.73 Å². The van der Waals surface area contributed by atoms with E-state index >= 15 is 0 Å². The Morgan fingerprint density at radius 3 is 2.50 bits per heavy atom. The van der Waals surface area contributed by atoms with Gasteiger partial charge in [-0.25, -0.2) is 0 Å². The zero-order chi connectivity index (χ0) is 6.57. The van der Waals surface area contributed by atoms with Gasteiger partial charge in [0.05, 0.1) is 6.04 Å². The second-order valence-corrected chi connectivity index (χ2v) is 1.70. The fourth-order valence-corrected chi connectivity index (χ4v) is 0.424. The zero-order valence-corrected chi connectivity index (χ0v) is 4.86.